The molecule has 6 rings (SSSR count). The van der Waals surface area contributed by atoms with Gasteiger partial charge in [0.15, 0.2) is 11.5 Å². The number of nitrogens with zero attached hydrogens (tertiary/aromatic N) is 4. The monoisotopic (exact) mass is 593 g/mol. The molecular weight excluding hydrogens is 562 g/mol. The fraction of sp³-hybridized carbons (Fsp3) is 0.152. The van der Waals surface area contributed by atoms with Crippen LogP contribution >= 0.6 is 0 Å². The highest BCUT2D eigenvalue weighted by molar-refractivity contribution is 7.89. The van der Waals surface area contributed by atoms with E-state index in [0.717, 1.165) is 45.0 Å². The summed E-state index contributed by atoms with van der Waals surface area (Å²) in [6.07, 6.45) is 2.61. The van der Waals surface area contributed by atoms with Crippen LogP contribution in [0.25, 0.3) is 16.9 Å². The Hall–Kier alpha value is -4.93. The first-order chi connectivity index (χ1) is 20.7. The van der Waals surface area contributed by atoms with Crippen LogP contribution in [0, 0.1) is 6.92 Å². The fourth-order valence-electron chi connectivity index (χ4n) is 5.25. The first kappa shape index (κ1) is 28.2. The van der Waals surface area contributed by atoms with Gasteiger partial charge in [-0.2, -0.15) is 10.2 Å². The molecule has 2 heterocycles. The van der Waals surface area contributed by atoms with E-state index < -0.39 is 10.0 Å². The number of methoxy groups -OCH3 is 2. The molecule has 1 unspecified atom stereocenters. The van der Waals surface area contributed by atoms with Crippen molar-refractivity contribution < 1.29 is 17.9 Å². The third-order valence-corrected chi connectivity index (χ3v) is 8.43. The maximum Gasteiger partial charge on any atom is 0.238 e. The summed E-state index contributed by atoms with van der Waals surface area (Å²) in [6.45, 7) is 2.06. The van der Waals surface area contributed by atoms with E-state index in [1.165, 1.54) is 12.1 Å². The minimum Gasteiger partial charge on any atom is -0.493 e. The summed E-state index contributed by atoms with van der Waals surface area (Å²) in [5.74, 6) is 1.23. The van der Waals surface area contributed by atoms with Crippen molar-refractivity contribution in [2.45, 2.75) is 24.3 Å². The second-order valence-corrected chi connectivity index (χ2v) is 11.9. The quantitative estimate of drug-likeness (QED) is 0.241. The molecular formula is C33H31N5O4S. The summed E-state index contributed by atoms with van der Waals surface area (Å²) in [4.78, 5) is 0.0355. The highest BCUT2D eigenvalue weighted by atomic mass is 32.2. The van der Waals surface area contributed by atoms with Crippen LogP contribution in [0.15, 0.2) is 113 Å². The molecule has 0 fully saturated rings. The van der Waals surface area contributed by atoms with Gasteiger partial charge in [0.1, 0.15) is 0 Å². The number of rotatable bonds is 8. The van der Waals surface area contributed by atoms with E-state index in [-0.39, 0.29) is 10.9 Å². The number of hydrogen-bond acceptors (Lipinski definition) is 7. The lowest BCUT2D eigenvalue weighted by atomic mass is 9.95. The molecule has 1 aliphatic rings. The zero-order chi connectivity index (χ0) is 30.1. The van der Waals surface area contributed by atoms with Gasteiger partial charge in [-0.25, -0.2) is 18.2 Å². The van der Waals surface area contributed by atoms with Crippen molar-refractivity contribution in [1.82, 2.24) is 9.78 Å². The lowest BCUT2D eigenvalue weighted by Crippen LogP contribution is -2.19. The minimum atomic E-state index is -3.84. The number of aromatic nitrogens is 2. The Morgan fingerprint density at radius 3 is 2.14 bits per heavy atom. The Morgan fingerprint density at radius 2 is 1.49 bits per heavy atom. The standard InChI is InChI=1S/C33H31N5O4S/c1-22-9-11-23(12-10-22)33-28(21-37(36-33)25-7-5-4-6-8-25)30-20-29(24-13-18-31(41-2)32(19-24)42-3)35-38(30)26-14-16-27(17-15-26)43(34,39)40/h4-19,21,30H,20H2,1-3H3,(H2,34,39,40). The molecule has 9 nitrogen and oxygen atoms in total. The Morgan fingerprint density at radius 1 is 0.814 bits per heavy atom. The number of nitrogens with two attached hydrogens (primary N) is 1. The smallest absolute Gasteiger partial charge is 0.238 e. The van der Waals surface area contributed by atoms with Crippen molar-refractivity contribution in [3.8, 4) is 28.4 Å². The van der Waals surface area contributed by atoms with E-state index >= 15 is 0 Å². The van der Waals surface area contributed by atoms with E-state index in [2.05, 4.69) is 31.2 Å². The van der Waals surface area contributed by atoms with Crippen molar-refractivity contribution >= 4 is 21.4 Å². The molecule has 1 aromatic heterocycles. The first-order valence-corrected chi connectivity index (χ1v) is 15.2. The molecule has 218 valence electrons. The normalized spacial score (nSPS) is 14.9. The topological polar surface area (TPSA) is 112 Å². The zero-order valence-corrected chi connectivity index (χ0v) is 24.8. The number of ether oxygens (including phenoxy) is 2. The Bertz CT molecular complexity index is 1900. The average molecular weight is 594 g/mol. The number of sulfonamides is 1. The second-order valence-electron chi connectivity index (χ2n) is 10.3. The number of primary sulfonamides is 1. The predicted octanol–water partition coefficient (Wildman–Crippen LogP) is 5.87. The van der Waals surface area contributed by atoms with Crippen molar-refractivity contribution in [2.24, 2.45) is 10.2 Å². The van der Waals surface area contributed by atoms with Crippen LogP contribution in [0.1, 0.15) is 29.2 Å². The fourth-order valence-corrected chi connectivity index (χ4v) is 5.76. The van der Waals surface area contributed by atoms with Crippen molar-refractivity contribution in [3.63, 3.8) is 0 Å². The van der Waals surface area contributed by atoms with E-state index in [0.29, 0.717) is 17.9 Å². The third-order valence-electron chi connectivity index (χ3n) is 7.50. The average Bonchev–Trinajstić information content (AvgIpc) is 3.67. The summed E-state index contributed by atoms with van der Waals surface area (Å²) < 4.78 is 36.8. The number of benzene rings is 4. The Labute approximate surface area is 250 Å². The van der Waals surface area contributed by atoms with Gasteiger partial charge in [-0.05, 0) is 61.5 Å². The van der Waals surface area contributed by atoms with Gasteiger partial charge in [0.25, 0.3) is 0 Å². The SMILES string of the molecule is COc1ccc(C2=NN(c3ccc(S(N)(=O)=O)cc3)C(c3cn(-c4ccccc4)nc3-c3ccc(C)cc3)C2)cc1OC. The highest BCUT2D eigenvalue weighted by Crippen LogP contribution is 2.42. The van der Waals surface area contributed by atoms with Crippen LogP contribution in [0.4, 0.5) is 5.69 Å². The lowest BCUT2D eigenvalue weighted by molar-refractivity contribution is 0.355. The minimum absolute atomic E-state index is 0.0355. The van der Waals surface area contributed by atoms with E-state index in [1.807, 2.05) is 64.4 Å². The van der Waals surface area contributed by atoms with Crippen LogP contribution in [-0.2, 0) is 10.0 Å². The van der Waals surface area contributed by atoms with Gasteiger partial charge in [0.05, 0.1) is 47.9 Å². The molecule has 0 spiro atoms. The molecule has 0 radical (unpaired) electrons. The maximum atomic E-state index is 12.0. The molecule has 0 aliphatic carbocycles. The highest BCUT2D eigenvalue weighted by Gasteiger charge is 2.34. The van der Waals surface area contributed by atoms with Gasteiger partial charge in [0.2, 0.25) is 10.0 Å². The zero-order valence-electron chi connectivity index (χ0n) is 24.0. The van der Waals surface area contributed by atoms with E-state index in [1.54, 1.807) is 26.4 Å². The van der Waals surface area contributed by atoms with Gasteiger partial charge < -0.3 is 9.47 Å². The molecule has 2 N–H and O–H groups in total. The molecule has 0 saturated heterocycles. The molecule has 4 aromatic carbocycles. The number of anilines is 1. The van der Waals surface area contributed by atoms with Crippen LogP contribution < -0.4 is 19.6 Å². The Balaban J connectivity index is 1.50. The van der Waals surface area contributed by atoms with Crippen LogP contribution in [0.5, 0.6) is 11.5 Å². The number of hydrazone groups is 1. The van der Waals surface area contributed by atoms with Crippen LogP contribution in [0.3, 0.4) is 0 Å². The molecule has 1 aliphatic heterocycles. The summed E-state index contributed by atoms with van der Waals surface area (Å²) >= 11 is 0. The molecule has 43 heavy (non-hydrogen) atoms. The van der Waals surface area contributed by atoms with Crippen LogP contribution in [0.2, 0.25) is 0 Å². The predicted molar refractivity (Wildman–Crippen MR) is 167 cm³/mol. The lowest BCUT2D eigenvalue weighted by Gasteiger charge is -2.24. The molecule has 5 aromatic rings. The largest absolute Gasteiger partial charge is 0.493 e. The third kappa shape index (κ3) is 5.62. The maximum absolute atomic E-state index is 12.0. The summed E-state index contributed by atoms with van der Waals surface area (Å²) in [5, 5.41) is 17.4. The Kier molecular flexibility index (Phi) is 7.47. The van der Waals surface area contributed by atoms with Gasteiger partial charge in [0, 0.05) is 29.3 Å². The molecule has 1 atom stereocenters. The van der Waals surface area contributed by atoms with Gasteiger partial charge in [-0.3, -0.25) is 5.01 Å². The first-order valence-electron chi connectivity index (χ1n) is 13.7. The van der Waals surface area contributed by atoms with E-state index in [9.17, 15) is 8.42 Å². The number of hydrogen-bond donors (Lipinski definition) is 1. The summed E-state index contributed by atoms with van der Waals surface area (Å²) in [6, 6.07) is 30.2. The van der Waals surface area contributed by atoms with E-state index in [4.69, 9.17) is 24.8 Å². The van der Waals surface area contributed by atoms with Crippen LogP contribution in [-0.4, -0.2) is 38.1 Å². The van der Waals surface area contributed by atoms with Crippen molar-refractivity contribution in [2.75, 3.05) is 19.2 Å². The van der Waals surface area contributed by atoms with Gasteiger partial charge >= 0.3 is 0 Å². The summed E-state index contributed by atoms with van der Waals surface area (Å²) in [7, 11) is -0.639. The second kappa shape index (κ2) is 11.4. The van der Waals surface area contributed by atoms with Crippen molar-refractivity contribution in [1.29, 1.82) is 0 Å². The summed E-state index contributed by atoms with van der Waals surface area (Å²) in [5.41, 5.74) is 7.33. The van der Waals surface area contributed by atoms with Crippen molar-refractivity contribution in [3.05, 3.63) is 120 Å². The molecule has 0 bridgehead atoms. The number of para-hydroxylation sites is 1. The van der Waals surface area contributed by atoms with Gasteiger partial charge in [-0.1, -0.05) is 48.0 Å². The molecule has 0 amide bonds. The van der Waals surface area contributed by atoms with Gasteiger partial charge in [-0.15, -0.1) is 0 Å². The molecule has 0 saturated carbocycles. The number of aryl methyl sites for hydroxylation is 1. The molecule has 10 heteroatoms.